The van der Waals surface area contributed by atoms with E-state index in [0.29, 0.717) is 0 Å². The Labute approximate surface area is 115 Å². The number of nitrogen functional groups attached to an aromatic ring is 1. The van der Waals surface area contributed by atoms with Gasteiger partial charge in [0.25, 0.3) is 10.0 Å². The van der Waals surface area contributed by atoms with Gasteiger partial charge in [-0.1, -0.05) is 0 Å². The minimum Gasteiger partial charge on any atom is -0.321 e. The van der Waals surface area contributed by atoms with E-state index in [-0.39, 0.29) is 17.3 Å². The highest BCUT2D eigenvalue weighted by atomic mass is 32.2. The molecule has 0 atom stereocenters. The fourth-order valence-corrected chi connectivity index (χ4v) is 3.55. The number of nitrogens with one attached hydrogen (secondary N) is 2. The van der Waals surface area contributed by atoms with Crippen molar-refractivity contribution in [2.75, 3.05) is 5.43 Å². The summed E-state index contributed by atoms with van der Waals surface area (Å²) < 4.78 is 26.8. The molecule has 19 heavy (non-hydrogen) atoms. The second-order valence-electron chi connectivity index (χ2n) is 3.85. The van der Waals surface area contributed by atoms with Crippen LogP contribution in [-0.2, 0) is 16.6 Å². The third kappa shape index (κ3) is 3.10. The van der Waals surface area contributed by atoms with Crippen LogP contribution < -0.4 is 16.0 Å². The van der Waals surface area contributed by atoms with Gasteiger partial charge in [0.2, 0.25) is 0 Å². The molecule has 102 valence electrons. The number of aromatic nitrogens is 1. The van der Waals surface area contributed by atoms with Gasteiger partial charge in [0.1, 0.15) is 0 Å². The van der Waals surface area contributed by atoms with Crippen molar-refractivity contribution in [1.29, 1.82) is 0 Å². The second kappa shape index (κ2) is 5.66. The van der Waals surface area contributed by atoms with Crippen molar-refractivity contribution in [3.8, 4) is 0 Å². The van der Waals surface area contributed by atoms with Gasteiger partial charge in [-0.3, -0.25) is 5.84 Å². The van der Waals surface area contributed by atoms with Crippen molar-refractivity contribution >= 4 is 27.0 Å². The maximum absolute atomic E-state index is 12.2. The number of sulfonamides is 1. The van der Waals surface area contributed by atoms with Gasteiger partial charge in [-0.05, 0) is 36.1 Å². The normalized spacial score (nSPS) is 11.5. The molecule has 0 aliphatic heterocycles. The van der Waals surface area contributed by atoms with Gasteiger partial charge in [-0.15, -0.1) is 11.3 Å². The van der Waals surface area contributed by atoms with Crippen molar-refractivity contribution in [2.24, 2.45) is 5.84 Å². The van der Waals surface area contributed by atoms with Crippen molar-refractivity contribution in [3.05, 3.63) is 40.2 Å². The van der Waals surface area contributed by atoms with Crippen molar-refractivity contribution in [1.82, 2.24) is 9.71 Å². The van der Waals surface area contributed by atoms with E-state index >= 15 is 0 Å². The van der Waals surface area contributed by atoms with E-state index in [4.69, 9.17) is 5.84 Å². The topological polar surface area (TPSA) is 97.1 Å². The van der Waals surface area contributed by atoms with Gasteiger partial charge in [0.05, 0.1) is 5.69 Å². The highest BCUT2D eigenvalue weighted by Gasteiger charge is 2.19. The summed E-state index contributed by atoms with van der Waals surface area (Å²) in [5.41, 5.74) is 3.65. The molecule has 0 saturated heterocycles. The van der Waals surface area contributed by atoms with E-state index in [1.165, 1.54) is 17.5 Å². The Morgan fingerprint density at radius 3 is 2.84 bits per heavy atom. The van der Waals surface area contributed by atoms with Gasteiger partial charge in [-0.25, -0.2) is 18.1 Å². The van der Waals surface area contributed by atoms with Crippen LogP contribution in [0, 0.1) is 6.92 Å². The molecule has 0 bridgehead atoms. The van der Waals surface area contributed by atoms with Crippen molar-refractivity contribution < 1.29 is 8.42 Å². The molecule has 0 fully saturated rings. The highest BCUT2D eigenvalue weighted by molar-refractivity contribution is 7.89. The summed E-state index contributed by atoms with van der Waals surface area (Å²) in [6.45, 7) is 2.18. The number of aryl methyl sites for hydroxylation is 1. The first-order valence-corrected chi connectivity index (χ1v) is 7.85. The summed E-state index contributed by atoms with van der Waals surface area (Å²) in [5.74, 6) is 5.28. The molecule has 2 heterocycles. The lowest BCUT2D eigenvalue weighted by Crippen LogP contribution is -2.26. The highest BCUT2D eigenvalue weighted by Crippen LogP contribution is 2.19. The monoisotopic (exact) mass is 298 g/mol. The molecular weight excluding hydrogens is 284 g/mol. The summed E-state index contributed by atoms with van der Waals surface area (Å²) in [4.78, 5) is 4.83. The molecule has 4 N–H and O–H groups in total. The predicted molar refractivity (Wildman–Crippen MR) is 75.1 cm³/mol. The lowest BCUT2D eigenvalue weighted by Gasteiger charge is -2.09. The van der Waals surface area contributed by atoms with Crippen LogP contribution in [0.25, 0.3) is 0 Å². The van der Waals surface area contributed by atoms with E-state index in [1.54, 1.807) is 12.1 Å². The molecule has 0 saturated carbocycles. The summed E-state index contributed by atoms with van der Waals surface area (Å²) in [6, 6.07) is 5.11. The van der Waals surface area contributed by atoms with E-state index < -0.39 is 10.0 Å². The van der Waals surface area contributed by atoms with Crippen LogP contribution >= 0.6 is 11.3 Å². The van der Waals surface area contributed by atoms with Crippen molar-refractivity contribution in [3.63, 3.8) is 0 Å². The first kappa shape index (κ1) is 13.9. The molecule has 0 aliphatic carbocycles. The Morgan fingerprint density at radius 1 is 1.42 bits per heavy atom. The van der Waals surface area contributed by atoms with Gasteiger partial charge in [-0.2, -0.15) is 0 Å². The minimum absolute atomic E-state index is 0.105. The van der Waals surface area contributed by atoms with Crippen LogP contribution in [0.5, 0.6) is 0 Å². The largest absolute Gasteiger partial charge is 0.321 e. The molecular formula is C11H14N4O2S2. The molecule has 0 amide bonds. The average molecular weight is 298 g/mol. The zero-order valence-corrected chi connectivity index (χ0v) is 11.9. The number of rotatable bonds is 5. The summed E-state index contributed by atoms with van der Waals surface area (Å²) in [6.07, 6.45) is 1.41. The molecule has 0 spiro atoms. The predicted octanol–water partition coefficient (Wildman–Crippen LogP) is 1.22. The summed E-state index contributed by atoms with van der Waals surface area (Å²) in [5, 5.41) is 1.82. The van der Waals surface area contributed by atoms with Gasteiger partial charge >= 0.3 is 0 Å². The van der Waals surface area contributed by atoms with E-state index in [2.05, 4.69) is 15.1 Å². The number of pyridine rings is 1. The van der Waals surface area contributed by atoms with Crippen LogP contribution in [0.4, 0.5) is 5.69 Å². The molecule has 2 aromatic heterocycles. The van der Waals surface area contributed by atoms with E-state index in [9.17, 15) is 8.42 Å². The van der Waals surface area contributed by atoms with Crippen LogP contribution in [-0.4, -0.2) is 13.4 Å². The Hall–Kier alpha value is -1.48. The lowest BCUT2D eigenvalue weighted by molar-refractivity contribution is 0.578. The SMILES string of the molecule is Cc1ccsc1CNS(=O)(=O)c1ncccc1NN. The van der Waals surface area contributed by atoms with E-state index in [1.807, 2.05) is 18.4 Å². The maximum Gasteiger partial charge on any atom is 0.260 e. The zero-order valence-electron chi connectivity index (χ0n) is 10.3. The smallest absolute Gasteiger partial charge is 0.260 e. The number of thiophene rings is 1. The van der Waals surface area contributed by atoms with Crippen LogP contribution in [0.3, 0.4) is 0 Å². The number of anilines is 1. The second-order valence-corrected chi connectivity index (χ2v) is 6.53. The summed E-state index contributed by atoms with van der Waals surface area (Å²) in [7, 11) is -3.69. The van der Waals surface area contributed by atoms with E-state index in [0.717, 1.165) is 10.4 Å². The molecule has 0 radical (unpaired) electrons. The third-order valence-corrected chi connectivity index (χ3v) is 4.95. The quantitative estimate of drug-likeness (QED) is 0.569. The van der Waals surface area contributed by atoms with Gasteiger partial charge in [0.15, 0.2) is 5.03 Å². The first-order chi connectivity index (χ1) is 9.04. The average Bonchev–Trinajstić information content (AvgIpc) is 2.82. The standard InChI is InChI=1S/C11H14N4O2S2/c1-8-4-6-18-10(8)7-14-19(16,17)11-9(15-12)3-2-5-13-11/h2-6,14-15H,7,12H2,1H3. The Bertz CT molecular complexity index is 667. The number of nitrogens with two attached hydrogens (primary N) is 1. The zero-order chi connectivity index (χ0) is 13.9. The number of hydrogen-bond acceptors (Lipinski definition) is 6. The molecule has 6 nitrogen and oxygen atoms in total. The summed E-state index contributed by atoms with van der Waals surface area (Å²) >= 11 is 1.51. The molecule has 0 unspecified atom stereocenters. The molecule has 0 aromatic carbocycles. The number of hydrazine groups is 1. The van der Waals surface area contributed by atoms with Gasteiger partial charge < -0.3 is 5.43 Å². The first-order valence-electron chi connectivity index (χ1n) is 5.49. The number of nitrogens with zero attached hydrogens (tertiary/aromatic N) is 1. The van der Waals surface area contributed by atoms with Crippen molar-refractivity contribution in [2.45, 2.75) is 18.5 Å². The fraction of sp³-hybridized carbons (Fsp3) is 0.182. The van der Waals surface area contributed by atoms with Gasteiger partial charge in [0, 0.05) is 17.6 Å². The molecule has 0 aliphatic rings. The number of hydrogen-bond donors (Lipinski definition) is 3. The minimum atomic E-state index is -3.69. The molecule has 8 heteroatoms. The fourth-order valence-electron chi connectivity index (χ4n) is 1.53. The third-order valence-electron chi connectivity index (χ3n) is 2.57. The molecule has 2 aromatic rings. The Morgan fingerprint density at radius 2 is 2.21 bits per heavy atom. The molecule has 2 rings (SSSR count). The lowest BCUT2D eigenvalue weighted by atomic mass is 10.3. The Balaban J connectivity index is 2.21. The van der Waals surface area contributed by atoms with Crippen LogP contribution in [0.1, 0.15) is 10.4 Å². The van der Waals surface area contributed by atoms with Crippen LogP contribution in [0.2, 0.25) is 0 Å². The maximum atomic E-state index is 12.2. The van der Waals surface area contributed by atoms with Crippen LogP contribution in [0.15, 0.2) is 34.8 Å². The Kier molecular flexibility index (Phi) is 4.15.